The van der Waals surface area contributed by atoms with Gasteiger partial charge in [-0.05, 0) is 51.9 Å². The van der Waals surface area contributed by atoms with Gasteiger partial charge >= 0.3 is 0 Å². The molecular formula is C24H8N6. The average molecular weight is 380 g/mol. The predicted molar refractivity (Wildman–Crippen MR) is 113 cm³/mol. The van der Waals surface area contributed by atoms with Gasteiger partial charge in [-0.1, -0.05) is 18.2 Å². The maximum atomic E-state index is 9.26. The van der Waals surface area contributed by atoms with Gasteiger partial charge in [-0.3, -0.25) is 0 Å². The fourth-order valence-electron chi connectivity index (χ4n) is 4.13. The summed E-state index contributed by atoms with van der Waals surface area (Å²) in [7, 11) is 0. The molecule has 0 saturated carbocycles. The lowest BCUT2D eigenvalue weighted by Gasteiger charge is -1.96. The van der Waals surface area contributed by atoms with Crippen LogP contribution in [-0.2, 0) is 0 Å². The monoisotopic (exact) mass is 380 g/mol. The number of hydrogen-bond donors (Lipinski definition) is 0. The summed E-state index contributed by atoms with van der Waals surface area (Å²) in [6.07, 6.45) is 1.86. The first kappa shape index (κ1) is 17.1. The Hall–Kier alpha value is -5.04. The standard InChI is InChI=1S/C24H8N6/c1-27-14-4-6-16-18-9-17-15-5-3-13(11-25)7-19(15)23(29-12-26)21(17)10-22(18)24(30-28-2)20(16)8-14/h3-10H/b29-23?,30-24+. The van der Waals surface area contributed by atoms with E-state index in [1.807, 2.05) is 30.5 Å². The molecule has 0 saturated heterocycles. The van der Waals surface area contributed by atoms with E-state index in [0.717, 1.165) is 43.1 Å². The summed E-state index contributed by atoms with van der Waals surface area (Å²) in [5.74, 6) is 0. The van der Waals surface area contributed by atoms with Crippen LogP contribution in [0, 0.1) is 35.9 Å². The third kappa shape index (κ3) is 2.20. The summed E-state index contributed by atoms with van der Waals surface area (Å²) in [6, 6.07) is 16.7. The Morgan fingerprint density at radius 1 is 0.700 bits per heavy atom. The Labute approximate surface area is 169 Å². The second-order valence-corrected chi connectivity index (χ2v) is 6.77. The molecule has 30 heavy (non-hydrogen) atoms. The van der Waals surface area contributed by atoms with Crippen molar-refractivity contribution in [1.82, 2.24) is 0 Å². The van der Waals surface area contributed by atoms with Gasteiger partial charge in [0.25, 0.3) is 0 Å². The van der Waals surface area contributed by atoms with E-state index in [1.54, 1.807) is 24.3 Å². The molecule has 5 aromatic carbocycles. The zero-order chi connectivity index (χ0) is 20.8. The summed E-state index contributed by atoms with van der Waals surface area (Å²) in [5.41, 5.74) is 0.972. The molecule has 0 N–H and O–H groups in total. The molecule has 0 aromatic heterocycles. The molecule has 0 heterocycles. The van der Waals surface area contributed by atoms with E-state index >= 15 is 0 Å². The maximum Gasteiger partial charge on any atom is 0.206 e. The van der Waals surface area contributed by atoms with Crippen molar-refractivity contribution in [2.24, 2.45) is 10.1 Å². The maximum absolute atomic E-state index is 9.26. The molecule has 6 nitrogen and oxygen atoms in total. The molecule has 0 amide bonds. The van der Waals surface area contributed by atoms with E-state index in [9.17, 15) is 10.5 Å². The Bertz CT molecular complexity index is 1700. The molecular weight excluding hydrogens is 372 g/mol. The minimum Gasteiger partial charge on any atom is -0.238 e. The molecule has 6 heteroatoms. The van der Waals surface area contributed by atoms with Gasteiger partial charge < -0.3 is 0 Å². The Balaban J connectivity index is 2.09. The van der Waals surface area contributed by atoms with Gasteiger partial charge in [0.05, 0.1) is 28.7 Å². The quantitative estimate of drug-likeness (QED) is 0.221. The molecule has 5 aromatic rings. The van der Waals surface area contributed by atoms with Gasteiger partial charge in [-0.25, -0.2) is 4.85 Å². The van der Waals surface area contributed by atoms with Crippen LogP contribution < -0.4 is 10.7 Å². The van der Waals surface area contributed by atoms with E-state index in [1.165, 1.54) is 0 Å². The lowest BCUT2D eigenvalue weighted by Crippen LogP contribution is -2.00. The number of nitrogens with zero attached hydrogens (tertiary/aromatic N) is 6. The highest BCUT2D eigenvalue weighted by atomic mass is 15.2. The lowest BCUT2D eigenvalue weighted by atomic mass is 10.1. The fraction of sp³-hybridized carbons (Fsp3) is 0. The van der Waals surface area contributed by atoms with Crippen LogP contribution in [0.15, 0.2) is 58.6 Å². The van der Waals surface area contributed by atoms with Crippen molar-refractivity contribution in [2.75, 3.05) is 0 Å². The molecule has 0 bridgehead atoms. The first-order valence-electron chi connectivity index (χ1n) is 8.87. The highest BCUT2D eigenvalue weighted by molar-refractivity contribution is 6.21. The van der Waals surface area contributed by atoms with E-state index in [-0.39, 0.29) is 0 Å². The van der Waals surface area contributed by atoms with E-state index < -0.39 is 0 Å². The largest absolute Gasteiger partial charge is 0.238 e. The van der Waals surface area contributed by atoms with Crippen molar-refractivity contribution in [3.8, 4) is 12.3 Å². The molecule has 0 aliphatic rings. The number of fused-ring (bicyclic) bond motifs is 6. The zero-order valence-electron chi connectivity index (χ0n) is 15.3. The van der Waals surface area contributed by atoms with Gasteiger partial charge in [-0.2, -0.15) is 22.1 Å². The molecule has 134 valence electrons. The van der Waals surface area contributed by atoms with Gasteiger partial charge in [0.1, 0.15) is 0 Å². The number of rotatable bonds is 0. The molecule has 0 radical (unpaired) electrons. The first-order chi connectivity index (χ1) is 14.7. The summed E-state index contributed by atoms with van der Waals surface area (Å²) in [5, 5.41) is 30.2. The third-order valence-corrected chi connectivity index (χ3v) is 5.35. The molecule has 0 aliphatic heterocycles. The van der Waals surface area contributed by atoms with Gasteiger partial charge in [0, 0.05) is 21.5 Å². The predicted octanol–water partition coefficient (Wildman–Crippen LogP) is 4.71. The van der Waals surface area contributed by atoms with Crippen LogP contribution in [0.3, 0.4) is 0 Å². The Morgan fingerprint density at radius 3 is 2.00 bits per heavy atom. The Kier molecular flexibility index (Phi) is 3.56. The van der Waals surface area contributed by atoms with E-state index in [2.05, 4.69) is 26.0 Å². The van der Waals surface area contributed by atoms with Crippen LogP contribution in [0.5, 0.6) is 0 Å². The van der Waals surface area contributed by atoms with Crippen LogP contribution in [0.1, 0.15) is 5.56 Å². The molecule has 0 fully saturated rings. The number of nitriles is 2. The topological polar surface area (TPSA) is 81.0 Å². The first-order valence-corrected chi connectivity index (χ1v) is 8.87. The third-order valence-electron chi connectivity index (χ3n) is 5.35. The zero-order valence-corrected chi connectivity index (χ0v) is 15.3. The number of hydrogen-bond acceptors (Lipinski definition) is 4. The van der Waals surface area contributed by atoms with Gasteiger partial charge in [0.2, 0.25) is 6.19 Å². The van der Waals surface area contributed by atoms with Crippen LogP contribution in [0.2, 0.25) is 0 Å². The average Bonchev–Trinajstić information content (AvgIpc) is 3.24. The highest BCUT2D eigenvalue weighted by Gasteiger charge is 2.16. The SMILES string of the molecule is [C-]#[N+]/N=c1\c2cc([N+]#[C-])ccc2c2cc3c(cc12)c(=NC#N)c1cc(C#N)ccc13. The molecule has 0 spiro atoms. The Morgan fingerprint density at radius 2 is 1.33 bits per heavy atom. The normalized spacial score (nSPS) is 12.3. The van der Waals surface area contributed by atoms with Crippen molar-refractivity contribution in [2.45, 2.75) is 0 Å². The lowest BCUT2D eigenvalue weighted by molar-refractivity contribution is 1.37. The van der Waals surface area contributed by atoms with Crippen LogP contribution in [-0.4, -0.2) is 0 Å². The van der Waals surface area contributed by atoms with Gasteiger partial charge in [0.15, 0.2) is 11.0 Å². The summed E-state index contributed by atoms with van der Waals surface area (Å²) < 4.78 is 0. The number of benzene rings is 3. The molecule has 0 unspecified atom stereocenters. The van der Waals surface area contributed by atoms with Crippen LogP contribution >= 0.6 is 0 Å². The minimum absolute atomic E-state index is 0.480. The fourth-order valence-corrected chi connectivity index (χ4v) is 4.13. The van der Waals surface area contributed by atoms with Crippen molar-refractivity contribution in [1.29, 1.82) is 10.5 Å². The van der Waals surface area contributed by atoms with Crippen LogP contribution in [0.4, 0.5) is 5.69 Å². The van der Waals surface area contributed by atoms with Crippen LogP contribution in [0.25, 0.3) is 52.9 Å². The summed E-state index contributed by atoms with van der Waals surface area (Å²) in [6.45, 7) is 14.5. The van der Waals surface area contributed by atoms with E-state index in [4.69, 9.17) is 13.1 Å². The smallest absolute Gasteiger partial charge is 0.206 e. The van der Waals surface area contributed by atoms with Crippen molar-refractivity contribution >= 4 is 48.8 Å². The van der Waals surface area contributed by atoms with Gasteiger partial charge in [-0.15, -0.1) is 4.95 Å². The van der Waals surface area contributed by atoms with Crippen molar-refractivity contribution in [3.05, 3.63) is 87.8 Å². The minimum atomic E-state index is 0.480. The van der Waals surface area contributed by atoms with Crippen molar-refractivity contribution in [3.63, 3.8) is 0 Å². The van der Waals surface area contributed by atoms with Crippen molar-refractivity contribution < 1.29 is 0 Å². The summed E-state index contributed by atoms with van der Waals surface area (Å²) in [4.78, 5) is 10.7. The van der Waals surface area contributed by atoms with E-state index in [0.29, 0.717) is 22.0 Å². The molecule has 0 atom stereocenters. The molecule has 5 rings (SSSR count). The highest BCUT2D eigenvalue weighted by Crippen LogP contribution is 2.33. The summed E-state index contributed by atoms with van der Waals surface area (Å²) >= 11 is 0. The second kappa shape index (κ2) is 6.25. The molecule has 0 aliphatic carbocycles. The second-order valence-electron chi connectivity index (χ2n) is 6.77.